The quantitative estimate of drug-likeness (QED) is 0.728. The van der Waals surface area contributed by atoms with Crippen LogP contribution in [-0.4, -0.2) is 15.3 Å². The van der Waals surface area contributed by atoms with E-state index < -0.39 is 17.4 Å². The maximum atomic E-state index is 12.9. The minimum Gasteiger partial charge on any atom is -0.331 e. The van der Waals surface area contributed by atoms with Crippen LogP contribution in [0.2, 0.25) is 0 Å². The minimum atomic E-state index is -1.04. The third kappa shape index (κ3) is 1.71. The van der Waals surface area contributed by atoms with Gasteiger partial charge in [-0.05, 0) is 18.2 Å². The normalized spacial score (nSPS) is 10.4. The van der Waals surface area contributed by atoms with Gasteiger partial charge in [-0.25, -0.2) is 13.8 Å². The van der Waals surface area contributed by atoms with Crippen LogP contribution in [0.5, 0.6) is 0 Å². The number of nitrogens with zero attached hydrogens (tertiary/aromatic N) is 2. The van der Waals surface area contributed by atoms with Crippen molar-refractivity contribution in [3.05, 3.63) is 53.6 Å². The first kappa shape index (κ1) is 10.5. The van der Waals surface area contributed by atoms with Crippen LogP contribution in [0, 0.1) is 11.6 Å². The predicted octanol–water partition coefficient (Wildman–Crippen LogP) is 1.93. The summed E-state index contributed by atoms with van der Waals surface area (Å²) < 4.78 is 27.1. The molecule has 1 aromatic heterocycles. The van der Waals surface area contributed by atoms with E-state index in [-0.39, 0.29) is 11.4 Å². The molecule has 0 saturated heterocycles. The summed E-state index contributed by atoms with van der Waals surface area (Å²) in [5.74, 6) is -2.27. The summed E-state index contributed by atoms with van der Waals surface area (Å²) in [7, 11) is 1.65. The van der Waals surface area contributed by atoms with Gasteiger partial charge in [0.1, 0.15) is 0 Å². The van der Waals surface area contributed by atoms with Crippen LogP contribution in [-0.2, 0) is 7.05 Å². The average molecular weight is 222 g/mol. The number of aryl methyl sites for hydroxylation is 1. The molecule has 0 aliphatic carbocycles. The molecule has 0 unspecified atom stereocenters. The molecule has 0 atom stereocenters. The van der Waals surface area contributed by atoms with Gasteiger partial charge in [-0.2, -0.15) is 0 Å². The largest absolute Gasteiger partial charge is 0.331 e. The Hall–Kier alpha value is -2.04. The Balaban J connectivity index is 2.42. The molecule has 3 nitrogen and oxygen atoms in total. The summed E-state index contributed by atoms with van der Waals surface area (Å²) in [5.41, 5.74) is 0.0770. The Morgan fingerprint density at radius 1 is 1.31 bits per heavy atom. The zero-order valence-corrected chi connectivity index (χ0v) is 8.45. The summed E-state index contributed by atoms with van der Waals surface area (Å²) in [5, 5.41) is 0. The fourth-order valence-electron chi connectivity index (χ4n) is 1.35. The summed E-state index contributed by atoms with van der Waals surface area (Å²) in [4.78, 5) is 15.7. The lowest BCUT2D eigenvalue weighted by molar-refractivity contribution is 0.102. The highest BCUT2D eigenvalue weighted by Gasteiger charge is 2.15. The van der Waals surface area contributed by atoms with Gasteiger partial charge in [-0.1, -0.05) is 0 Å². The lowest BCUT2D eigenvalue weighted by Crippen LogP contribution is -2.09. The number of rotatable bonds is 2. The number of aromatic nitrogens is 2. The predicted molar refractivity (Wildman–Crippen MR) is 53.0 cm³/mol. The van der Waals surface area contributed by atoms with Crippen LogP contribution in [0.15, 0.2) is 30.6 Å². The highest BCUT2D eigenvalue weighted by Crippen LogP contribution is 2.12. The van der Waals surface area contributed by atoms with Gasteiger partial charge in [-0.15, -0.1) is 0 Å². The zero-order chi connectivity index (χ0) is 11.7. The average Bonchev–Trinajstić information content (AvgIpc) is 2.67. The summed E-state index contributed by atoms with van der Waals surface area (Å²) >= 11 is 0. The number of hydrogen-bond donors (Lipinski definition) is 0. The Labute approximate surface area is 90.3 Å². The summed E-state index contributed by atoms with van der Waals surface area (Å²) in [6, 6.07) is 3.02. The molecule has 2 rings (SSSR count). The second-order valence-corrected chi connectivity index (χ2v) is 3.32. The Morgan fingerprint density at radius 3 is 2.62 bits per heavy atom. The van der Waals surface area contributed by atoms with Crippen molar-refractivity contribution < 1.29 is 13.6 Å². The third-order valence-electron chi connectivity index (χ3n) is 2.21. The maximum Gasteiger partial charge on any atom is 0.228 e. The van der Waals surface area contributed by atoms with Gasteiger partial charge in [0.2, 0.25) is 5.78 Å². The molecule has 0 N–H and O–H groups in total. The van der Waals surface area contributed by atoms with Crippen molar-refractivity contribution >= 4 is 5.78 Å². The SMILES string of the molecule is Cn1ccnc1C(=O)c1ccc(F)c(F)c1. The molecule has 1 aromatic carbocycles. The van der Waals surface area contributed by atoms with E-state index in [0.717, 1.165) is 12.1 Å². The van der Waals surface area contributed by atoms with Crippen LogP contribution in [0.25, 0.3) is 0 Å². The van der Waals surface area contributed by atoms with Gasteiger partial charge in [0.15, 0.2) is 17.5 Å². The van der Waals surface area contributed by atoms with Gasteiger partial charge in [0.05, 0.1) is 0 Å². The molecule has 5 heteroatoms. The van der Waals surface area contributed by atoms with Crippen molar-refractivity contribution in [2.45, 2.75) is 0 Å². The molecule has 0 spiro atoms. The van der Waals surface area contributed by atoms with Crippen LogP contribution in [0.3, 0.4) is 0 Å². The topological polar surface area (TPSA) is 34.9 Å². The number of carbonyl (C=O) groups excluding carboxylic acids is 1. The molecule has 0 aliphatic rings. The summed E-state index contributed by atoms with van der Waals surface area (Å²) in [6.45, 7) is 0. The first-order valence-corrected chi connectivity index (χ1v) is 4.56. The molecule has 16 heavy (non-hydrogen) atoms. The summed E-state index contributed by atoms with van der Waals surface area (Å²) in [6.07, 6.45) is 3.07. The van der Waals surface area contributed by atoms with E-state index in [0.29, 0.717) is 0 Å². The number of imidazole rings is 1. The number of carbonyl (C=O) groups is 1. The molecule has 82 valence electrons. The van der Waals surface area contributed by atoms with E-state index in [1.54, 1.807) is 13.2 Å². The van der Waals surface area contributed by atoms with E-state index in [1.807, 2.05) is 0 Å². The Kier molecular flexibility index (Phi) is 2.52. The van der Waals surface area contributed by atoms with E-state index in [9.17, 15) is 13.6 Å². The number of benzene rings is 1. The second kappa shape index (κ2) is 3.84. The molecule has 0 amide bonds. The van der Waals surface area contributed by atoms with Crippen molar-refractivity contribution in [1.29, 1.82) is 0 Å². The van der Waals surface area contributed by atoms with Gasteiger partial charge in [0, 0.05) is 25.0 Å². The molecule has 0 saturated carbocycles. The molecule has 0 radical (unpaired) electrons. The van der Waals surface area contributed by atoms with Gasteiger partial charge in [0.25, 0.3) is 0 Å². The first-order valence-electron chi connectivity index (χ1n) is 4.56. The molecule has 0 bridgehead atoms. The lowest BCUT2D eigenvalue weighted by atomic mass is 10.1. The van der Waals surface area contributed by atoms with Crippen molar-refractivity contribution in [3.63, 3.8) is 0 Å². The Bertz CT molecular complexity index is 549. The molecule has 0 fully saturated rings. The monoisotopic (exact) mass is 222 g/mol. The third-order valence-corrected chi connectivity index (χ3v) is 2.21. The standard InChI is InChI=1S/C11H8F2N2O/c1-15-5-4-14-11(15)10(16)7-2-3-8(12)9(13)6-7/h2-6H,1H3. The van der Waals surface area contributed by atoms with Gasteiger partial charge < -0.3 is 4.57 Å². The van der Waals surface area contributed by atoms with Crippen molar-refractivity contribution in [1.82, 2.24) is 9.55 Å². The minimum absolute atomic E-state index is 0.0770. The van der Waals surface area contributed by atoms with E-state index >= 15 is 0 Å². The van der Waals surface area contributed by atoms with Crippen molar-refractivity contribution in [2.75, 3.05) is 0 Å². The zero-order valence-electron chi connectivity index (χ0n) is 8.45. The smallest absolute Gasteiger partial charge is 0.228 e. The highest BCUT2D eigenvalue weighted by atomic mass is 19.2. The maximum absolute atomic E-state index is 12.9. The molecular weight excluding hydrogens is 214 g/mol. The van der Waals surface area contributed by atoms with Crippen molar-refractivity contribution in [3.8, 4) is 0 Å². The van der Waals surface area contributed by atoms with Crippen LogP contribution in [0.4, 0.5) is 8.78 Å². The number of ketones is 1. The first-order chi connectivity index (χ1) is 7.59. The van der Waals surface area contributed by atoms with Gasteiger partial charge in [-0.3, -0.25) is 4.79 Å². The Morgan fingerprint density at radius 2 is 2.06 bits per heavy atom. The molecular formula is C11H8F2N2O. The van der Waals surface area contributed by atoms with Crippen molar-refractivity contribution in [2.24, 2.45) is 7.05 Å². The van der Waals surface area contributed by atoms with E-state index in [1.165, 1.54) is 16.8 Å². The molecule has 2 aromatic rings. The second-order valence-electron chi connectivity index (χ2n) is 3.32. The lowest BCUT2D eigenvalue weighted by Gasteiger charge is -2.01. The van der Waals surface area contributed by atoms with Gasteiger partial charge >= 0.3 is 0 Å². The fraction of sp³-hybridized carbons (Fsp3) is 0.0909. The highest BCUT2D eigenvalue weighted by molar-refractivity contribution is 6.06. The van der Waals surface area contributed by atoms with Crippen LogP contribution >= 0.6 is 0 Å². The van der Waals surface area contributed by atoms with Crippen LogP contribution < -0.4 is 0 Å². The van der Waals surface area contributed by atoms with Crippen LogP contribution in [0.1, 0.15) is 16.2 Å². The number of halogens is 2. The fourth-order valence-corrected chi connectivity index (χ4v) is 1.35. The molecule has 1 heterocycles. The number of hydrogen-bond acceptors (Lipinski definition) is 2. The van der Waals surface area contributed by atoms with E-state index in [2.05, 4.69) is 4.98 Å². The molecule has 0 aliphatic heterocycles. The van der Waals surface area contributed by atoms with E-state index in [4.69, 9.17) is 0 Å².